The van der Waals surface area contributed by atoms with Gasteiger partial charge >= 0.3 is 11.9 Å². The van der Waals surface area contributed by atoms with E-state index in [0.717, 1.165) is 31.6 Å². The third-order valence-electron chi connectivity index (χ3n) is 6.67. The van der Waals surface area contributed by atoms with Crippen molar-refractivity contribution in [3.05, 3.63) is 0 Å². The molecule has 1 aliphatic carbocycles. The van der Waals surface area contributed by atoms with E-state index in [0.29, 0.717) is 12.8 Å². The third-order valence-corrected chi connectivity index (χ3v) is 6.67. The molecule has 3 atom stereocenters. The van der Waals surface area contributed by atoms with E-state index in [1.54, 1.807) is 0 Å². The fourth-order valence-corrected chi connectivity index (χ4v) is 4.61. The molecule has 0 aromatic carbocycles. The van der Waals surface area contributed by atoms with Gasteiger partial charge in [-0.1, -0.05) is 98.3 Å². The van der Waals surface area contributed by atoms with E-state index in [2.05, 4.69) is 27.7 Å². The van der Waals surface area contributed by atoms with Crippen molar-refractivity contribution in [2.75, 3.05) is 0 Å². The van der Waals surface area contributed by atoms with Crippen LogP contribution in [-0.4, -0.2) is 23.1 Å². The minimum absolute atomic E-state index is 0.0881. The number of ether oxygens (including phenoxy) is 1. The maximum atomic E-state index is 12.7. The summed E-state index contributed by atoms with van der Waals surface area (Å²) in [5.41, 5.74) is 0. The second-order valence-electron chi connectivity index (χ2n) is 10.2. The molecule has 4 heteroatoms. The fourth-order valence-electron chi connectivity index (χ4n) is 4.61. The summed E-state index contributed by atoms with van der Waals surface area (Å²) in [5, 5.41) is 9.42. The summed E-state index contributed by atoms with van der Waals surface area (Å²) in [6.45, 7) is 8.78. The van der Waals surface area contributed by atoms with E-state index in [1.807, 2.05) is 0 Å². The summed E-state index contributed by atoms with van der Waals surface area (Å²) >= 11 is 0. The molecule has 30 heavy (non-hydrogen) atoms. The molecule has 176 valence electrons. The fraction of sp³-hybridized carbons (Fsp3) is 0.923. The first-order valence-corrected chi connectivity index (χ1v) is 12.8. The highest BCUT2D eigenvalue weighted by molar-refractivity contribution is 5.81. The average molecular weight is 425 g/mol. The number of carbonyl (C=O) groups is 2. The zero-order chi connectivity index (χ0) is 22.4. The van der Waals surface area contributed by atoms with Gasteiger partial charge in [0.25, 0.3) is 0 Å². The molecule has 0 radical (unpaired) electrons. The molecule has 1 rings (SSSR count). The monoisotopic (exact) mass is 424 g/mol. The highest BCUT2D eigenvalue weighted by Crippen LogP contribution is 2.32. The van der Waals surface area contributed by atoms with Crippen molar-refractivity contribution in [3.63, 3.8) is 0 Å². The molecule has 1 N–H and O–H groups in total. The van der Waals surface area contributed by atoms with Crippen LogP contribution in [0.3, 0.4) is 0 Å². The van der Waals surface area contributed by atoms with Crippen LogP contribution in [0.1, 0.15) is 124 Å². The normalized spacial score (nSPS) is 20.5. The highest BCUT2D eigenvalue weighted by Gasteiger charge is 2.37. The van der Waals surface area contributed by atoms with Crippen molar-refractivity contribution in [1.29, 1.82) is 0 Å². The van der Waals surface area contributed by atoms with Crippen molar-refractivity contribution in [1.82, 2.24) is 0 Å². The lowest BCUT2D eigenvalue weighted by Crippen LogP contribution is -2.36. The lowest BCUT2D eigenvalue weighted by atomic mass is 9.79. The Labute approximate surface area is 185 Å². The Hall–Kier alpha value is -1.06. The van der Waals surface area contributed by atoms with Gasteiger partial charge in [0.05, 0.1) is 11.8 Å². The van der Waals surface area contributed by atoms with E-state index in [9.17, 15) is 14.7 Å². The van der Waals surface area contributed by atoms with Crippen molar-refractivity contribution in [3.8, 4) is 0 Å². The van der Waals surface area contributed by atoms with Crippen LogP contribution in [0.2, 0.25) is 0 Å². The number of carboxylic acids is 1. The first-order valence-electron chi connectivity index (χ1n) is 12.8. The number of aliphatic carboxylic acids is 1. The summed E-state index contributed by atoms with van der Waals surface area (Å²) in [6.07, 6.45) is 16.9. The van der Waals surface area contributed by atoms with Crippen LogP contribution < -0.4 is 0 Å². The number of hydrogen-bond acceptors (Lipinski definition) is 3. The van der Waals surface area contributed by atoms with E-state index in [1.165, 1.54) is 57.8 Å². The third kappa shape index (κ3) is 11.4. The standard InChI is InChI=1S/C26H48O4/c1-20(2)16-12-10-8-6-5-7-9-11-13-19-24(21(3)4)30-26(29)23-18-15-14-17-22(23)25(27)28/h20-24H,5-19H2,1-4H3,(H,27,28). The average Bonchev–Trinajstić information content (AvgIpc) is 2.70. The number of rotatable bonds is 16. The van der Waals surface area contributed by atoms with Gasteiger partial charge in [-0.2, -0.15) is 0 Å². The predicted molar refractivity (Wildman–Crippen MR) is 123 cm³/mol. The molecule has 3 unspecified atom stereocenters. The van der Waals surface area contributed by atoms with Crippen molar-refractivity contribution in [2.24, 2.45) is 23.7 Å². The zero-order valence-corrected chi connectivity index (χ0v) is 20.2. The summed E-state index contributed by atoms with van der Waals surface area (Å²) in [6, 6.07) is 0. The molecule has 0 aliphatic heterocycles. The van der Waals surface area contributed by atoms with Crippen LogP contribution in [0.15, 0.2) is 0 Å². The maximum absolute atomic E-state index is 12.7. The number of carbonyl (C=O) groups excluding carboxylic acids is 1. The summed E-state index contributed by atoms with van der Waals surface area (Å²) < 4.78 is 5.83. The van der Waals surface area contributed by atoms with Crippen LogP contribution in [-0.2, 0) is 14.3 Å². The van der Waals surface area contributed by atoms with Crippen molar-refractivity contribution in [2.45, 2.75) is 130 Å². The molecular weight excluding hydrogens is 376 g/mol. The Morgan fingerprint density at radius 3 is 1.70 bits per heavy atom. The van der Waals surface area contributed by atoms with Crippen LogP contribution >= 0.6 is 0 Å². The van der Waals surface area contributed by atoms with E-state index in [-0.39, 0.29) is 18.0 Å². The SMILES string of the molecule is CC(C)CCCCCCCCCCCC(OC(=O)C1CCCCC1C(=O)O)C(C)C. The smallest absolute Gasteiger partial charge is 0.310 e. The molecule has 0 bridgehead atoms. The first kappa shape index (κ1) is 27.0. The molecule has 1 aliphatic rings. The molecule has 0 heterocycles. The second kappa shape index (κ2) is 15.7. The van der Waals surface area contributed by atoms with Gasteiger partial charge in [-0.05, 0) is 37.5 Å². The minimum Gasteiger partial charge on any atom is -0.481 e. The molecule has 1 fully saturated rings. The summed E-state index contributed by atoms with van der Waals surface area (Å²) in [5.74, 6) is -1.05. The molecule has 1 saturated carbocycles. The topological polar surface area (TPSA) is 63.6 Å². The molecule has 0 amide bonds. The van der Waals surface area contributed by atoms with E-state index >= 15 is 0 Å². The van der Waals surface area contributed by atoms with Gasteiger partial charge in [0.1, 0.15) is 6.10 Å². The number of unbranched alkanes of at least 4 members (excludes halogenated alkanes) is 8. The van der Waals surface area contributed by atoms with Crippen LogP contribution in [0.25, 0.3) is 0 Å². The lowest BCUT2D eigenvalue weighted by molar-refractivity contribution is -0.165. The van der Waals surface area contributed by atoms with Crippen molar-refractivity contribution < 1.29 is 19.4 Å². The Kier molecular flexibility index (Phi) is 14.1. The molecule has 0 saturated heterocycles. The highest BCUT2D eigenvalue weighted by atomic mass is 16.5. The van der Waals surface area contributed by atoms with Crippen LogP contribution in [0.4, 0.5) is 0 Å². The number of esters is 1. The Balaban J connectivity index is 2.19. The van der Waals surface area contributed by atoms with E-state index in [4.69, 9.17) is 4.74 Å². The number of carboxylic acid groups (broad SMARTS) is 1. The van der Waals surface area contributed by atoms with Gasteiger partial charge < -0.3 is 9.84 Å². The summed E-state index contributed by atoms with van der Waals surface area (Å²) in [4.78, 5) is 24.1. The molecule has 0 aromatic rings. The molecular formula is C26H48O4. The first-order chi connectivity index (χ1) is 14.3. The minimum atomic E-state index is -0.849. The second-order valence-corrected chi connectivity index (χ2v) is 10.2. The Morgan fingerprint density at radius 2 is 1.23 bits per heavy atom. The van der Waals surface area contributed by atoms with Crippen LogP contribution in [0.5, 0.6) is 0 Å². The van der Waals surface area contributed by atoms with Gasteiger partial charge in [-0.15, -0.1) is 0 Å². The Bertz CT molecular complexity index is 472. The number of hydrogen-bond donors (Lipinski definition) is 1. The molecule has 0 aromatic heterocycles. The molecule has 4 nitrogen and oxygen atoms in total. The van der Waals surface area contributed by atoms with Gasteiger partial charge in [0, 0.05) is 0 Å². The van der Waals surface area contributed by atoms with Gasteiger partial charge in [-0.3, -0.25) is 9.59 Å². The quantitative estimate of drug-likeness (QED) is 0.207. The largest absolute Gasteiger partial charge is 0.481 e. The zero-order valence-electron chi connectivity index (χ0n) is 20.2. The summed E-state index contributed by atoms with van der Waals surface area (Å²) in [7, 11) is 0. The van der Waals surface area contributed by atoms with Gasteiger partial charge in [-0.25, -0.2) is 0 Å². The van der Waals surface area contributed by atoms with Crippen molar-refractivity contribution >= 4 is 11.9 Å². The van der Waals surface area contributed by atoms with Gasteiger partial charge in [0.2, 0.25) is 0 Å². The van der Waals surface area contributed by atoms with E-state index < -0.39 is 17.8 Å². The van der Waals surface area contributed by atoms with Crippen LogP contribution in [0, 0.1) is 23.7 Å². The Morgan fingerprint density at radius 1 is 0.767 bits per heavy atom. The predicted octanol–water partition coefficient (Wildman–Crippen LogP) is 7.39. The lowest BCUT2D eigenvalue weighted by Gasteiger charge is -2.30. The van der Waals surface area contributed by atoms with Gasteiger partial charge in [0.15, 0.2) is 0 Å². The molecule has 0 spiro atoms. The maximum Gasteiger partial charge on any atom is 0.310 e.